The average Bonchev–Trinajstić information content (AvgIpc) is 3.08. The number of nitrogens with two attached hydrogens (primary N) is 1. The third-order valence-electron chi connectivity index (χ3n) is 2.96. The van der Waals surface area contributed by atoms with E-state index < -0.39 is 0 Å². The van der Waals surface area contributed by atoms with Gasteiger partial charge in [-0.3, -0.25) is 0 Å². The lowest BCUT2D eigenvalue weighted by Crippen LogP contribution is -2.16. The zero-order valence-electron chi connectivity index (χ0n) is 10.5. The van der Waals surface area contributed by atoms with Crippen LogP contribution in [0.1, 0.15) is 23.8 Å². The van der Waals surface area contributed by atoms with Gasteiger partial charge < -0.3 is 14.7 Å². The molecule has 1 aliphatic heterocycles. The molecule has 0 aromatic carbocycles. The number of hydrogen-bond donors (Lipinski definition) is 1. The highest BCUT2D eigenvalue weighted by atomic mass is 32.2. The highest BCUT2D eigenvalue weighted by molar-refractivity contribution is 8.06. The van der Waals surface area contributed by atoms with Gasteiger partial charge in [0.15, 0.2) is 11.6 Å². The number of furan rings is 1. The summed E-state index contributed by atoms with van der Waals surface area (Å²) in [4.78, 5) is 4.46. The second-order valence-electron chi connectivity index (χ2n) is 4.30. The van der Waals surface area contributed by atoms with Crippen molar-refractivity contribution in [2.75, 3.05) is 11.5 Å². The molecule has 7 heteroatoms. The van der Waals surface area contributed by atoms with E-state index in [-0.39, 0.29) is 0 Å². The molecule has 1 fully saturated rings. The molecule has 2 aromatic heterocycles. The molecule has 0 amide bonds. The van der Waals surface area contributed by atoms with Crippen molar-refractivity contribution < 1.29 is 8.94 Å². The van der Waals surface area contributed by atoms with Crippen molar-refractivity contribution in [2.45, 2.75) is 24.0 Å². The van der Waals surface area contributed by atoms with Crippen molar-refractivity contribution in [2.24, 2.45) is 5.73 Å². The Labute approximate surface area is 119 Å². The molecule has 3 heterocycles. The van der Waals surface area contributed by atoms with Crippen LogP contribution in [0, 0.1) is 0 Å². The molecule has 0 saturated carbocycles. The number of nitrogens with zero attached hydrogens (tertiary/aromatic N) is 2. The zero-order valence-corrected chi connectivity index (χ0v) is 12.2. The summed E-state index contributed by atoms with van der Waals surface area (Å²) in [5.41, 5.74) is 5.52. The van der Waals surface area contributed by atoms with E-state index >= 15 is 0 Å². The lowest BCUT2D eigenvalue weighted by atomic mass is 10.3. The van der Waals surface area contributed by atoms with Crippen LogP contribution >= 0.6 is 23.5 Å². The van der Waals surface area contributed by atoms with Gasteiger partial charge in [0.25, 0.3) is 5.89 Å². The van der Waals surface area contributed by atoms with Gasteiger partial charge in [-0.05, 0) is 12.1 Å². The molecular formula is C12H15N3O2S2. The molecule has 0 spiro atoms. The van der Waals surface area contributed by atoms with Gasteiger partial charge in [0.1, 0.15) is 5.76 Å². The first-order valence-corrected chi connectivity index (χ1v) is 8.23. The van der Waals surface area contributed by atoms with Crippen LogP contribution < -0.4 is 5.73 Å². The Bertz CT molecular complexity index is 555. The van der Waals surface area contributed by atoms with Gasteiger partial charge in [-0.1, -0.05) is 12.1 Å². The molecule has 1 saturated heterocycles. The van der Waals surface area contributed by atoms with Crippen LogP contribution in [-0.4, -0.2) is 26.9 Å². The largest absolute Gasteiger partial charge is 0.455 e. The number of aromatic nitrogens is 2. The first-order chi connectivity index (χ1) is 9.28. The van der Waals surface area contributed by atoms with Crippen LogP contribution in [0.3, 0.4) is 0 Å². The van der Waals surface area contributed by atoms with Crippen molar-refractivity contribution in [3.05, 3.63) is 23.7 Å². The Balaban J connectivity index is 1.82. The molecular weight excluding hydrogens is 282 g/mol. The van der Waals surface area contributed by atoms with E-state index in [0.717, 1.165) is 11.6 Å². The van der Waals surface area contributed by atoms with Crippen molar-refractivity contribution in [1.29, 1.82) is 0 Å². The van der Waals surface area contributed by atoms with Crippen molar-refractivity contribution >= 4 is 23.5 Å². The van der Waals surface area contributed by atoms with E-state index in [1.807, 2.05) is 35.7 Å². The maximum Gasteiger partial charge on any atom is 0.293 e. The minimum atomic E-state index is 0.292. The lowest BCUT2D eigenvalue weighted by molar-refractivity contribution is 0.404. The van der Waals surface area contributed by atoms with Gasteiger partial charge in [-0.15, -0.1) is 11.8 Å². The normalized spacial score (nSPS) is 23.7. The zero-order chi connectivity index (χ0) is 13.2. The Morgan fingerprint density at radius 2 is 2.21 bits per heavy atom. The first kappa shape index (κ1) is 13.1. The summed E-state index contributed by atoms with van der Waals surface area (Å²) < 4.78 is 10.8. The Hall–Kier alpha value is -0.920. The Morgan fingerprint density at radius 1 is 1.37 bits per heavy atom. The summed E-state index contributed by atoms with van der Waals surface area (Å²) in [5, 5.41) is 4.88. The van der Waals surface area contributed by atoms with E-state index in [2.05, 4.69) is 17.1 Å². The summed E-state index contributed by atoms with van der Waals surface area (Å²) in [5.74, 6) is 4.79. The van der Waals surface area contributed by atoms with Gasteiger partial charge >= 0.3 is 0 Å². The maximum atomic E-state index is 5.52. The molecule has 0 bridgehead atoms. The van der Waals surface area contributed by atoms with Crippen LogP contribution in [0.5, 0.6) is 0 Å². The molecule has 3 rings (SSSR count). The Morgan fingerprint density at radius 3 is 2.95 bits per heavy atom. The summed E-state index contributed by atoms with van der Waals surface area (Å²) in [6.45, 7) is 2.57. The standard InChI is InChI=1S/C12H15N3O2S2/c1-7-10(19-5-4-18-7)11-14-12(17-15-11)9-3-2-8(6-13)16-9/h2-3,7,10H,4-6,13H2,1H3. The summed E-state index contributed by atoms with van der Waals surface area (Å²) in [6, 6.07) is 3.64. The SMILES string of the molecule is CC1SCCSC1c1noc(-c2ccc(CN)o2)n1. The monoisotopic (exact) mass is 297 g/mol. The van der Waals surface area contributed by atoms with E-state index in [0.29, 0.717) is 34.5 Å². The number of hydrogen-bond acceptors (Lipinski definition) is 7. The summed E-state index contributed by atoms with van der Waals surface area (Å²) in [6.07, 6.45) is 0. The number of rotatable bonds is 3. The van der Waals surface area contributed by atoms with Crippen molar-refractivity contribution in [3.8, 4) is 11.7 Å². The Kier molecular flexibility index (Phi) is 3.86. The van der Waals surface area contributed by atoms with Crippen LogP contribution in [0.25, 0.3) is 11.7 Å². The molecule has 102 valence electrons. The van der Waals surface area contributed by atoms with E-state index in [9.17, 15) is 0 Å². The summed E-state index contributed by atoms with van der Waals surface area (Å²) in [7, 11) is 0. The highest BCUT2D eigenvalue weighted by Gasteiger charge is 2.29. The molecule has 0 radical (unpaired) electrons. The third-order valence-corrected chi connectivity index (χ3v) is 6.04. The van der Waals surface area contributed by atoms with Gasteiger partial charge in [0.2, 0.25) is 0 Å². The third kappa shape index (κ3) is 2.68. The molecule has 2 N–H and O–H groups in total. The molecule has 2 aromatic rings. The van der Waals surface area contributed by atoms with Gasteiger partial charge in [-0.25, -0.2) is 0 Å². The highest BCUT2D eigenvalue weighted by Crippen LogP contribution is 2.41. The molecule has 0 aliphatic carbocycles. The summed E-state index contributed by atoms with van der Waals surface area (Å²) >= 11 is 3.84. The molecule has 19 heavy (non-hydrogen) atoms. The van der Waals surface area contributed by atoms with Crippen molar-refractivity contribution in [1.82, 2.24) is 10.1 Å². The fourth-order valence-corrected chi connectivity index (χ4v) is 4.65. The molecule has 2 unspecified atom stereocenters. The predicted molar refractivity (Wildman–Crippen MR) is 77.0 cm³/mol. The first-order valence-electron chi connectivity index (χ1n) is 6.14. The van der Waals surface area contributed by atoms with Crippen LogP contribution in [-0.2, 0) is 6.54 Å². The maximum absolute atomic E-state index is 5.52. The molecule has 1 aliphatic rings. The van der Waals surface area contributed by atoms with E-state index in [1.165, 1.54) is 5.75 Å². The lowest BCUT2D eigenvalue weighted by Gasteiger charge is -2.24. The average molecular weight is 297 g/mol. The second-order valence-corrected chi connectivity index (χ2v) is 7.03. The van der Waals surface area contributed by atoms with Crippen LogP contribution in [0.4, 0.5) is 0 Å². The molecule has 5 nitrogen and oxygen atoms in total. The minimum absolute atomic E-state index is 0.292. The number of thioether (sulfide) groups is 2. The fraction of sp³-hybridized carbons (Fsp3) is 0.500. The van der Waals surface area contributed by atoms with E-state index in [1.54, 1.807) is 0 Å². The smallest absolute Gasteiger partial charge is 0.293 e. The van der Waals surface area contributed by atoms with Crippen molar-refractivity contribution in [3.63, 3.8) is 0 Å². The van der Waals surface area contributed by atoms with Gasteiger partial charge in [0.05, 0.1) is 11.8 Å². The van der Waals surface area contributed by atoms with Gasteiger partial charge in [-0.2, -0.15) is 16.7 Å². The second kappa shape index (κ2) is 5.60. The fourth-order valence-electron chi connectivity index (χ4n) is 1.97. The quantitative estimate of drug-likeness (QED) is 0.933. The topological polar surface area (TPSA) is 78.1 Å². The van der Waals surface area contributed by atoms with Crippen LogP contribution in [0.2, 0.25) is 0 Å². The van der Waals surface area contributed by atoms with E-state index in [4.69, 9.17) is 14.7 Å². The predicted octanol–water partition coefficient (Wildman–Crippen LogP) is 2.70. The van der Waals surface area contributed by atoms with Crippen LogP contribution in [0.15, 0.2) is 21.1 Å². The van der Waals surface area contributed by atoms with Gasteiger partial charge in [0, 0.05) is 16.8 Å². The minimum Gasteiger partial charge on any atom is -0.455 e. The molecule has 2 atom stereocenters.